The van der Waals surface area contributed by atoms with Crippen molar-refractivity contribution >= 4 is 32.6 Å². The molecule has 0 aliphatic rings. The first kappa shape index (κ1) is 30.6. The van der Waals surface area contributed by atoms with E-state index in [0.29, 0.717) is 23.4 Å². The lowest BCUT2D eigenvalue weighted by atomic mass is 9.90. The molecule has 0 radical (unpaired) electrons. The maximum Gasteiger partial charge on any atom is 0.227 e. The first-order chi connectivity index (χ1) is 26.2. The lowest BCUT2D eigenvalue weighted by Crippen LogP contribution is -2.00. The molecule has 248 valence electrons. The molecule has 5 nitrogen and oxygen atoms in total. The lowest BCUT2D eigenvalue weighted by molar-refractivity contribution is 0.620. The Morgan fingerprint density at radius 1 is 0.321 bits per heavy atom. The van der Waals surface area contributed by atoms with Crippen LogP contribution in [-0.4, -0.2) is 19.9 Å². The Morgan fingerprint density at radius 2 is 0.830 bits per heavy atom. The standard InChI is InChI=1S/C48H30N4O/c1-4-15-31(16-5-1)45-50-46(32-17-6-2-7-18-32)52-47(51-45)37-28-35(39-25-14-26-43-44(39)49-48(53-43)33-19-8-3-9-20-33)27-36(29-37)42-30-34-21-10-11-22-38(34)40-23-12-13-24-41(40)42/h1-30H. The summed E-state index contributed by atoms with van der Waals surface area (Å²) >= 11 is 0. The molecule has 0 amide bonds. The molecule has 10 rings (SSSR count). The number of nitrogens with zero attached hydrogens (tertiary/aromatic N) is 4. The van der Waals surface area contributed by atoms with Gasteiger partial charge in [0.25, 0.3) is 0 Å². The van der Waals surface area contributed by atoms with Crippen LogP contribution in [0.2, 0.25) is 0 Å². The van der Waals surface area contributed by atoms with Gasteiger partial charge in [-0.2, -0.15) is 0 Å². The van der Waals surface area contributed by atoms with Crippen LogP contribution in [0.5, 0.6) is 0 Å². The first-order valence-corrected chi connectivity index (χ1v) is 17.6. The van der Waals surface area contributed by atoms with Crippen LogP contribution in [0.25, 0.3) is 101 Å². The fraction of sp³-hybridized carbons (Fsp3) is 0. The minimum Gasteiger partial charge on any atom is -0.436 e. The van der Waals surface area contributed by atoms with E-state index in [0.717, 1.165) is 55.6 Å². The van der Waals surface area contributed by atoms with E-state index in [2.05, 4.69) is 78.9 Å². The molecule has 0 N–H and O–H groups in total. The maximum absolute atomic E-state index is 6.34. The van der Waals surface area contributed by atoms with E-state index in [1.165, 1.54) is 21.5 Å². The third-order valence-electron chi connectivity index (χ3n) is 9.72. The molecule has 0 bridgehead atoms. The summed E-state index contributed by atoms with van der Waals surface area (Å²) < 4.78 is 6.34. The Bertz CT molecular complexity index is 2880. The maximum atomic E-state index is 6.34. The number of para-hydroxylation sites is 1. The van der Waals surface area contributed by atoms with Crippen LogP contribution in [0.15, 0.2) is 186 Å². The second-order valence-electron chi connectivity index (χ2n) is 13.1. The van der Waals surface area contributed by atoms with Crippen molar-refractivity contribution in [2.75, 3.05) is 0 Å². The van der Waals surface area contributed by atoms with E-state index in [1.54, 1.807) is 0 Å². The third-order valence-corrected chi connectivity index (χ3v) is 9.72. The number of hydrogen-bond donors (Lipinski definition) is 0. The average Bonchev–Trinajstić information content (AvgIpc) is 3.69. The summed E-state index contributed by atoms with van der Waals surface area (Å²) in [6, 6.07) is 62.4. The van der Waals surface area contributed by atoms with E-state index in [9.17, 15) is 0 Å². The molecule has 0 atom stereocenters. The van der Waals surface area contributed by atoms with Gasteiger partial charge < -0.3 is 4.42 Å². The van der Waals surface area contributed by atoms with Gasteiger partial charge in [0.2, 0.25) is 5.89 Å². The fourth-order valence-electron chi connectivity index (χ4n) is 7.18. The highest BCUT2D eigenvalue weighted by Gasteiger charge is 2.19. The van der Waals surface area contributed by atoms with Crippen LogP contribution < -0.4 is 0 Å². The van der Waals surface area contributed by atoms with Crippen molar-refractivity contribution in [1.82, 2.24) is 19.9 Å². The minimum atomic E-state index is 0.586. The number of rotatable bonds is 6. The molecule has 2 heterocycles. The van der Waals surface area contributed by atoms with E-state index in [1.807, 2.05) is 103 Å². The van der Waals surface area contributed by atoms with Gasteiger partial charge in [0.1, 0.15) is 5.52 Å². The normalized spacial score (nSPS) is 11.4. The fourth-order valence-corrected chi connectivity index (χ4v) is 7.18. The molecule has 0 spiro atoms. The SMILES string of the molecule is c1ccc(-c2nc(-c3ccccc3)nc(-c3cc(-c4cc5ccccc5c5ccccc45)cc(-c4cccc5oc(-c6ccccc6)nc45)c3)n2)cc1. The molecule has 0 saturated carbocycles. The molecule has 53 heavy (non-hydrogen) atoms. The van der Waals surface area contributed by atoms with Crippen LogP contribution in [0.1, 0.15) is 0 Å². The van der Waals surface area contributed by atoms with Crippen molar-refractivity contribution in [2.24, 2.45) is 0 Å². The topological polar surface area (TPSA) is 64.7 Å². The number of hydrogen-bond acceptors (Lipinski definition) is 5. The smallest absolute Gasteiger partial charge is 0.227 e. The summed E-state index contributed by atoms with van der Waals surface area (Å²) in [5, 5.41) is 4.78. The van der Waals surface area contributed by atoms with Crippen molar-refractivity contribution < 1.29 is 4.42 Å². The largest absolute Gasteiger partial charge is 0.436 e. The van der Waals surface area contributed by atoms with E-state index in [4.69, 9.17) is 24.4 Å². The Balaban J connectivity index is 1.25. The third kappa shape index (κ3) is 5.61. The lowest BCUT2D eigenvalue weighted by Gasteiger charge is -2.15. The van der Waals surface area contributed by atoms with Crippen LogP contribution in [0, 0.1) is 0 Å². The highest BCUT2D eigenvalue weighted by atomic mass is 16.3. The number of fused-ring (bicyclic) bond motifs is 4. The average molecular weight is 679 g/mol. The Kier molecular flexibility index (Phi) is 7.40. The molecule has 0 fully saturated rings. The number of aromatic nitrogens is 4. The minimum absolute atomic E-state index is 0.586. The second kappa shape index (κ2) is 12.8. The number of benzene rings is 8. The molecule has 0 saturated heterocycles. The molecular formula is C48H30N4O. The van der Waals surface area contributed by atoms with Gasteiger partial charge in [-0.1, -0.05) is 140 Å². The summed E-state index contributed by atoms with van der Waals surface area (Å²) in [5.41, 5.74) is 9.28. The van der Waals surface area contributed by atoms with E-state index >= 15 is 0 Å². The zero-order valence-electron chi connectivity index (χ0n) is 28.5. The summed E-state index contributed by atoms with van der Waals surface area (Å²) in [7, 11) is 0. The second-order valence-corrected chi connectivity index (χ2v) is 13.1. The van der Waals surface area contributed by atoms with Gasteiger partial charge in [-0.15, -0.1) is 0 Å². The highest BCUT2D eigenvalue weighted by molar-refractivity contribution is 6.14. The molecule has 0 unspecified atom stereocenters. The molecule has 5 heteroatoms. The molecule has 8 aromatic carbocycles. The van der Waals surface area contributed by atoms with E-state index in [-0.39, 0.29) is 0 Å². The zero-order valence-corrected chi connectivity index (χ0v) is 28.5. The van der Waals surface area contributed by atoms with Gasteiger partial charge >= 0.3 is 0 Å². The quantitative estimate of drug-likeness (QED) is 0.164. The molecule has 0 aliphatic heterocycles. The number of oxazole rings is 1. The predicted molar refractivity (Wildman–Crippen MR) is 215 cm³/mol. The van der Waals surface area contributed by atoms with Crippen molar-refractivity contribution in [3.63, 3.8) is 0 Å². The predicted octanol–water partition coefficient (Wildman–Crippen LogP) is 12.3. The molecule has 10 aromatic rings. The van der Waals surface area contributed by atoms with Gasteiger partial charge in [0.15, 0.2) is 23.1 Å². The monoisotopic (exact) mass is 678 g/mol. The molecule has 0 aliphatic carbocycles. The molecular weight excluding hydrogens is 649 g/mol. The van der Waals surface area contributed by atoms with Crippen LogP contribution in [0.4, 0.5) is 0 Å². The summed E-state index contributed by atoms with van der Waals surface area (Å²) in [5.74, 6) is 2.40. The van der Waals surface area contributed by atoms with Gasteiger partial charge in [0.05, 0.1) is 0 Å². The Labute approximate surface area is 305 Å². The first-order valence-electron chi connectivity index (χ1n) is 17.6. The van der Waals surface area contributed by atoms with E-state index < -0.39 is 0 Å². The van der Waals surface area contributed by atoms with Crippen LogP contribution in [-0.2, 0) is 0 Å². The molecule has 2 aromatic heterocycles. The summed E-state index contributed by atoms with van der Waals surface area (Å²) in [6.45, 7) is 0. The van der Waals surface area contributed by atoms with Gasteiger partial charge in [-0.05, 0) is 80.7 Å². The zero-order chi connectivity index (χ0) is 35.1. The van der Waals surface area contributed by atoms with Gasteiger partial charge in [0, 0.05) is 27.8 Å². The van der Waals surface area contributed by atoms with Gasteiger partial charge in [-0.25, -0.2) is 19.9 Å². The van der Waals surface area contributed by atoms with Crippen LogP contribution >= 0.6 is 0 Å². The Morgan fingerprint density at radius 3 is 1.49 bits per heavy atom. The van der Waals surface area contributed by atoms with Gasteiger partial charge in [-0.3, -0.25) is 0 Å². The Hall–Kier alpha value is -7.24. The van der Waals surface area contributed by atoms with Crippen molar-refractivity contribution in [2.45, 2.75) is 0 Å². The van der Waals surface area contributed by atoms with Crippen molar-refractivity contribution in [1.29, 1.82) is 0 Å². The van der Waals surface area contributed by atoms with Crippen molar-refractivity contribution in [3.05, 3.63) is 182 Å². The highest BCUT2D eigenvalue weighted by Crippen LogP contribution is 2.40. The summed E-state index contributed by atoms with van der Waals surface area (Å²) in [4.78, 5) is 20.3. The summed E-state index contributed by atoms with van der Waals surface area (Å²) in [6.07, 6.45) is 0. The van der Waals surface area contributed by atoms with Crippen LogP contribution in [0.3, 0.4) is 0 Å². The van der Waals surface area contributed by atoms with Crippen molar-refractivity contribution in [3.8, 4) is 67.9 Å².